The monoisotopic (exact) mass is 260 g/mol. The van der Waals surface area contributed by atoms with Crippen LogP contribution in [-0.4, -0.2) is 79.0 Å². The maximum atomic E-state index is 11.1. The molecule has 106 valence electrons. The fourth-order valence-corrected chi connectivity index (χ4v) is 1.69. The van der Waals surface area contributed by atoms with Crippen LogP contribution in [-0.2, 0) is 9.59 Å². The maximum absolute atomic E-state index is 11.1. The molecule has 0 aliphatic heterocycles. The lowest BCUT2D eigenvalue weighted by molar-refractivity contribution is -0.138. The second kappa shape index (κ2) is 9.95. The highest BCUT2D eigenvalue weighted by atomic mass is 16.4. The fourth-order valence-electron chi connectivity index (χ4n) is 1.69. The quantitative estimate of drug-likeness (QED) is 0.401. The van der Waals surface area contributed by atoms with Gasteiger partial charge in [0.2, 0.25) is 0 Å². The van der Waals surface area contributed by atoms with Crippen LogP contribution in [0, 0.1) is 0 Å². The minimum Gasteiger partial charge on any atom is -0.480 e. The summed E-state index contributed by atoms with van der Waals surface area (Å²) in [5.74, 6) is -0.799. The number of carboxylic acids is 1. The van der Waals surface area contributed by atoms with Gasteiger partial charge in [-0.1, -0.05) is 0 Å². The third-order valence-corrected chi connectivity index (χ3v) is 2.43. The van der Waals surface area contributed by atoms with Crippen LogP contribution < -0.4 is 11.5 Å². The minimum absolute atomic E-state index is 0.0340. The molecule has 7 nitrogen and oxygen atoms in total. The smallest absolute Gasteiger partial charge is 0.317 e. The van der Waals surface area contributed by atoms with Gasteiger partial charge in [-0.25, -0.2) is 0 Å². The Kier molecular flexibility index (Phi) is 9.39. The van der Waals surface area contributed by atoms with E-state index in [1.807, 2.05) is 4.90 Å². The summed E-state index contributed by atoms with van der Waals surface area (Å²) in [5, 5.41) is 8.75. The molecule has 0 aliphatic carbocycles. The van der Waals surface area contributed by atoms with E-state index in [1.165, 1.54) is 6.92 Å². The molecule has 0 aromatic heterocycles. The lowest BCUT2D eigenvalue weighted by Gasteiger charge is -2.25. The first kappa shape index (κ1) is 17.0. The molecule has 0 amide bonds. The molecule has 0 fully saturated rings. The Morgan fingerprint density at radius 3 is 1.72 bits per heavy atom. The van der Waals surface area contributed by atoms with Gasteiger partial charge in [-0.3, -0.25) is 19.4 Å². The van der Waals surface area contributed by atoms with Crippen LogP contribution in [0.4, 0.5) is 0 Å². The fraction of sp³-hybridized carbons (Fsp3) is 0.818. The largest absolute Gasteiger partial charge is 0.480 e. The number of carboxylic acid groups (broad SMARTS) is 1. The molecule has 0 aromatic carbocycles. The average molecular weight is 260 g/mol. The summed E-state index contributed by atoms with van der Waals surface area (Å²) < 4.78 is 0. The van der Waals surface area contributed by atoms with Gasteiger partial charge in [-0.15, -0.1) is 0 Å². The molecule has 7 heteroatoms. The van der Waals surface area contributed by atoms with E-state index in [0.29, 0.717) is 45.8 Å². The number of ketones is 1. The van der Waals surface area contributed by atoms with Crippen molar-refractivity contribution in [2.45, 2.75) is 6.92 Å². The number of Topliss-reactive ketones (excluding diaryl/α,β-unsaturated/α-hetero) is 1. The van der Waals surface area contributed by atoms with Gasteiger partial charge in [0.25, 0.3) is 0 Å². The highest BCUT2D eigenvalue weighted by molar-refractivity contribution is 5.77. The van der Waals surface area contributed by atoms with E-state index in [1.54, 1.807) is 4.90 Å². The number of aliphatic carboxylic acids is 1. The molecular formula is C11H24N4O3. The Bertz CT molecular complexity index is 235. The van der Waals surface area contributed by atoms with Gasteiger partial charge in [0.05, 0.1) is 13.1 Å². The molecule has 0 radical (unpaired) electrons. The molecule has 0 aromatic rings. The van der Waals surface area contributed by atoms with E-state index >= 15 is 0 Å². The molecule has 0 unspecified atom stereocenters. The maximum Gasteiger partial charge on any atom is 0.317 e. The summed E-state index contributed by atoms with van der Waals surface area (Å²) in [6.07, 6.45) is 0. The van der Waals surface area contributed by atoms with E-state index in [9.17, 15) is 9.59 Å². The van der Waals surface area contributed by atoms with Crippen LogP contribution in [0.1, 0.15) is 6.92 Å². The summed E-state index contributed by atoms with van der Waals surface area (Å²) in [4.78, 5) is 25.4. The van der Waals surface area contributed by atoms with Crippen LogP contribution in [0.3, 0.4) is 0 Å². The zero-order chi connectivity index (χ0) is 14.0. The molecule has 0 saturated heterocycles. The second-order valence-corrected chi connectivity index (χ2v) is 4.23. The Hall–Kier alpha value is -1.02. The molecular weight excluding hydrogens is 236 g/mol. The summed E-state index contributed by atoms with van der Waals surface area (Å²) in [6.45, 7) is 5.07. The number of nitrogens with two attached hydrogens (primary N) is 2. The van der Waals surface area contributed by atoms with Crippen LogP contribution >= 0.6 is 0 Å². The summed E-state index contributed by atoms with van der Waals surface area (Å²) in [5.41, 5.74) is 10.9. The van der Waals surface area contributed by atoms with Crippen molar-refractivity contribution >= 4 is 11.8 Å². The SMILES string of the molecule is CC(=O)CN(CCN)CCN(CCN)CC(=O)O. The lowest BCUT2D eigenvalue weighted by atomic mass is 10.3. The van der Waals surface area contributed by atoms with Crippen LogP contribution in [0.5, 0.6) is 0 Å². The zero-order valence-corrected chi connectivity index (χ0v) is 11.0. The summed E-state index contributed by atoms with van der Waals surface area (Å²) in [6, 6.07) is 0. The Morgan fingerprint density at radius 1 is 0.944 bits per heavy atom. The lowest BCUT2D eigenvalue weighted by Crippen LogP contribution is -2.42. The first-order valence-electron chi connectivity index (χ1n) is 6.05. The van der Waals surface area contributed by atoms with Crippen molar-refractivity contribution in [3.63, 3.8) is 0 Å². The molecule has 0 aliphatic rings. The Labute approximate surface area is 108 Å². The second-order valence-electron chi connectivity index (χ2n) is 4.23. The van der Waals surface area contributed by atoms with E-state index in [4.69, 9.17) is 16.6 Å². The number of nitrogens with zero attached hydrogens (tertiary/aromatic N) is 2. The highest BCUT2D eigenvalue weighted by Gasteiger charge is 2.12. The highest BCUT2D eigenvalue weighted by Crippen LogP contribution is 1.93. The molecule has 0 bridgehead atoms. The summed E-state index contributed by atoms with van der Waals surface area (Å²) >= 11 is 0. The summed E-state index contributed by atoms with van der Waals surface area (Å²) in [7, 11) is 0. The zero-order valence-electron chi connectivity index (χ0n) is 11.0. The van der Waals surface area contributed by atoms with Gasteiger partial charge in [-0.2, -0.15) is 0 Å². The average Bonchev–Trinajstić information content (AvgIpc) is 2.24. The minimum atomic E-state index is -0.875. The Morgan fingerprint density at radius 2 is 1.39 bits per heavy atom. The number of rotatable bonds is 11. The number of hydrogen-bond donors (Lipinski definition) is 3. The normalized spacial score (nSPS) is 11.2. The van der Waals surface area contributed by atoms with E-state index in [0.717, 1.165) is 0 Å². The standard InChI is InChI=1S/C11H24N4O3/c1-10(16)8-14(4-2-12)6-7-15(5-3-13)9-11(17)18/h2-9,12-13H2,1H3,(H,17,18). The topological polar surface area (TPSA) is 113 Å². The Balaban J connectivity index is 4.16. The first-order valence-corrected chi connectivity index (χ1v) is 6.05. The van der Waals surface area contributed by atoms with E-state index < -0.39 is 5.97 Å². The molecule has 5 N–H and O–H groups in total. The third kappa shape index (κ3) is 9.06. The van der Waals surface area contributed by atoms with Gasteiger partial charge in [0.15, 0.2) is 0 Å². The van der Waals surface area contributed by atoms with Crippen molar-refractivity contribution in [3.05, 3.63) is 0 Å². The van der Waals surface area contributed by atoms with Crippen LogP contribution in [0.25, 0.3) is 0 Å². The third-order valence-electron chi connectivity index (χ3n) is 2.43. The van der Waals surface area contributed by atoms with Crippen molar-refractivity contribution < 1.29 is 14.7 Å². The van der Waals surface area contributed by atoms with Gasteiger partial charge >= 0.3 is 5.97 Å². The van der Waals surface area contributed by atoms with Crippen LogP contribution in [0.2, 0.25) is 0 Å². The van der Waals surface area contributed by atoms with E-state index in [-0.39, 0.29) is 12.3 Å². The van der Waals surface area contributed by atoms with E-state index in [2.05, 4.69) is 0 Å². The molecule has 0 atom stereocenters. The van der Waals surface area contributed by atoms with Crippen molar-refractivity contribution in [1.82, 2.24) is 9.80 Å². The van der Waals surface area contributed by atoms with Crippen molar-refractivity contribution in [2.75, 3.05) is 52.4 Å². The predicted molar refractivity (Wildman–Crippen MR) is 69.3 cm³/mol. The van der Waals surface area contributed by atoms with Crippen LogP contribution in [0.15, 0.2) is 0 Å². The molecule has 0 rings (SSSR count). The van der Waals surface area contributed by atoms with Gasteiger partial charge < -0.3 is 16.6 Å². The molecule has 0 saturated carbocycles. The molecule has 0 heterocycles. The van der Waals surface area contributed by atoms with Gasteiger partial charge in [0, 0.05) is 39.3 Å². The van der Waals surface area contributed by atoms with Crippen molar-refractivity contribution in [1.29, 1.82) is 0 Å². The number of hydrogen-bond acceptors (Lipinski definition) is 6. The number of carbonyl (C=O) groups is 2. The van der Waals surface area contributed by atoms with Gasteiger partial charge in [-0.05, 0) is 6.92 Å². The molecule has 0 spiro atoms. The molecule has 18 heavy (non-hydrogen) atoms. The predicted octanol–water partition coefficient (Wildman–Crippen LogP) is -1.82. The van der Waals surface area contributed by atoms with Crippen molar-refractivity contribution in [3.8, 4) is 0 Å². The van der Waals surface area contributed by atoms with Gasteiger partial charge in [0.1, 0.15) is 5.78 Å². The van der Waals surface area contributed by atoms with Crippen molar-refractivity contribution in [2.24, 2.45) is 11.5 Å². The first-order chi connectivity index (χ1) is 8.49. The number of carbonyl (C=O) groups excluding carboxylic acids is 1.